The van der Waals surface area contributed by atoms with Crippen molar-refractivity contribution in [2.24, 2.45) is 0 Å². The molecule has 3 nitrogen and oxygen atoms in total. The molecule has 0 saturated heterocycles. The highest BCUT2D eigenvalue weighted by Crippen LogP contribution is 2.11. The van der Waals surface area contributed by atoms with Crippen LogP contribution in [0.15, 0.2) is 30.8 Å². The highest BCUT2D eigenvalue weighted by molar-refractivity contribution is 5.93. The van der Waals surface area contributed by atoms with Crippen LogP contribution in [0.4, 0.5) is 0 Å². The van der Waals surface area contributed by atoms with E-state index < -0.39 is 5.97 Å². The zero-order chi connectivity index (χ0) is 10.4. The van der Waals surface area contributed by atoms with E-state index in [-0.39, 0.29) is 13.2 Å². The van der Waals surface area contributed by atoms with Gasteiger partial charge in [0.25, 0.3) is 0 Å². The Bertz CT molecular complexity index is 331. The van der Waals surface area contributed by atoms with Gasteiger partial charge in [-0.3, -0.25) is 0 Å². The van der Waals surface area contributed by atoms with Crippen molar-refractivity contribution in [2.75, 3.05) is 13.2 Å². The van der Waals surface area contributed by atoms with Gasteiger partial charge in [0, 0.05) is 0 Å². The molecule has 74 valence electrons. The van der Waals surface area contributed by atoms with Gasteiger partial charge in [0.05, 0.1) is 12.2 Å². The van der Waals surface area contributed by atoms with E-state index in [4.69, 9.17) is 9.84 Å². The first kappa shape index (κ1) is 10.5. The fourth-order valence-electron chi connectivity index (χ4n) is 1.08. The van der Waals surface area contributed by atoms with Crippen LogP contribution in [0.25, 0.3) is 6.08 Å². The molecule has 3 heteroatoms. The summed E-state index contributed by atoms with van der Waals surface area (Å²) in [6.45, 7) is 3.45. The van der Waals surface area contributed by atoms with E-state index in [0.29, 0.717) is 5.56 Å². The second kappa shape index (κ2) is 5.19. The Balaban J connectivity index is 2.83. The van der Waals surface area contributed by atoms with Gasteiger partial charge in [0.1, 0.15) is 6.61 Å². The average molecular weight is 192 g/mol. The van der Waals surface area contributed by atoms with E-state index in [0.717, 1.165) is 5.56 Å². The van der Waals surface area contributed by atoms with Gasteiger partial charge in [0.15, 0.2) is 0 Å². The SMILES string of the molecule is C=Cc1ccccc1C(=O)OCCO. The molecule has 0 bridgehead atoms. The fourth-order valence-corrected chi connectivity index (χ4v) is 1.08. The first-order valence-corrected chi connectivity index (χ1v) is 4.29. The molecule has 0 heterocycles. The summed E-state index contributed by atoms with van der Waals surface area (Å²) in [6, 6.07) is 7.02. The number of ether oxygens (including phenoxy) is 1. The summed E-state index contributed by atoms with van der Waals surface area (Å²) in [7, 11) is 0. The van der Waals surface area contributed by atoms with Gasteiger partial charge in [-0.2, -0.15) is 0 Å². The summed E-state index contributed by atoms with van der Waals surface area (Å²) in [5.41, 5.74) is 1.20. The van der Waals surface area contributed by atoms with Crippen LogP contribution in [0.2, 0.25) is 0 Å². The molecule has 0 unspecified atom stereocenters. The third-order valence-electron chi connectivity index (χ3n) is 1.73. The average Bonchev–Trinajstić information content (AvgIpc) is 2.25. The van der Waals surface area contributed by atoms with Crippen molar-refractivity contribution in [3.8, 4) is 0 Å². The van der Waals surface area contributed by atoms with Crippen molar-refractivity contribution >= 4 is 12.0 Å². The standard InChI is InChI=1S/C11H12O3/c1-2-9-5-3-4-6-10(9)11(13)14-8-7-12/h2-6,12H,1,7-8H2. The summed E-state index contributed by atoms with van der Waals surface area (Å²) < 4.78 is 4.78. The number of carbonyl (C=O) groups excluding carboxylic acids is 1. The Kier molecular flexibility index (Phi) is 3.88. The van der Waals surface area contributed by atoms with Crippen LogP contribution in [-0.4, -0.2) is 24.3 Å². The number of hydrogen-bond donors (Lipinski definition) is 1. The largest absolute Gasteiger partial charge is 0.460 e. The maximum atomic E-state index is 11.4. The molecular weight excluding hydrogens is 180 g/mol. The van der Waals surface area contributed by atoms with Gasteiger partial charge in [-0.15, -0.1) is 0 Å². The summed E-state index contributed by atoms with van der Waals surface area (Å²) in [5, 5.41) is 8.49. The Labute approximate surface area is 82.6 Å². The summed E-state index contributed by atoms with van der Waals surface area (Å²) in [6.07, 6.45) is 1.59. The molecule has 0 aromatic heterocycles. The monoisotopic (exact) mass is 192 g/mol. The number of hydrogen-bond acceptors (Lipinski definition) is 3. The molecule has 1 aromatic rings. The van der Waals surface area contributed by atoms with Crippen molar-refractivity contribution in [1.82, 2.24) is 0 Å². The topological polar surface area (TPSA) is 46.5 Å². The highest BCUT2D eigenvalue weighted by atomic mass is 16.5. The van der Waals surface area contributed by atoms with Crippen LogP contribution < -0.4 is 0 Å². The Morgan fingerprint density at radius 3 is 2.86 bits per heavy atom. The van der Waals surface area contributed by atoms with E-state index in [2.05, 4.69) is 6.58 Å². The second-order valence-electron chi connectivity index (χ2n) is 2.65. The number of aliphatic hydroxyl groups excluding tert-OH is 1. The Hall–Kier alpha value is -1.61. The molecule has 0 aliphatic carbocycles. The smallest absolute Gasteiger partial charge is 0.338 e. The van der Waals surface area contributed by atoms with Gasteiger partial charge >= 0.3 is 5.97 Å². The lowest BCUT2D eigenvalue weighted by Crippen LogP contribution is -2.09. The lowest BCUT2D eigenvalue weighted by molar-refractivity contribution is 0.0433. The second-order valence-corrected chi connectivity index (χ2v) is 2.65. The van der Waals surface area contributed by atoms with Crippen LogP contribution >= 0.6 is 0 Å². The van der Waals surface area contributed by atoms with E-state index in [1.165, 1.54) is 0 Å². The molecular formula is C11H12O3. The first-order chi connectivity index (χ1) is 6.79. The van der Waals surface area contributed by atoms with Crippen molar-refractivity contribution in [1.29, 1.82) is 0 Å². The Morgan fingerprint density at radius 1 is 1.50 bits per heavy atom. The normalized spacial score (nSPS) is 9.50. The number of carbonyl (C=O) groups is 1. The van der Waals surface area contributed by atoms with Crippen LogP contribution in [0.1, 0.15) is 15.9 Å². The number of esters is 1. The Morgan fingerprint density at radius 2 is 2.21 bits per heavy atom. The number of benzene rings is 1. The molecule has 14 heavy (non-hydrogen) atoms. The lowest BCUT2D eigenvalue weighted by atomic mass is 10.1. The maximum absolute atomic E-state index is 11.4. The molecule has 0 saturated carbocycles. The summed E-state index contributed by atoms with van der Waals surface area (Å²) in [4.78, 5) is 11.4. The van der Waals surface area contributed by atoms with Crippen molar-refractivity contribution in [3.05, 3.63) is 42.0 Å². The zero-order valence-corrected chi connectivity index (χ0v) is 7.77. The number of aliphatic hydroxyl groups is 1. The highest BCUT2D eigenvalue weighted by Gasteiger charge is 2.09. The van der Waals surface area contributed by atoms with Crippen LogP contribution in [-0.2, 0) is 4.74 Å². The van der Waals surface area contributed by atoms with E-state index in [1.54, 1.807) is 24.3 Å². The van der Waals surface area contributed by atoms with E-state index in [1.807, 2.05) is 6.07 Å². The van der Waals surface area contributed by atoms with Gasteiger partial charge in [-0.25, -0.2) is 4.79 Å². The maximum Gasteiger partial charge on any atom is 0.338 e. The van der Waals surface area contributed by atoms with E-state index >= 15 is 0 Å². The predicted octanol–water partition coefficient (Wildman–Crippen LogP) is 1.48. The molecule has 0 spiro atoms. The number of rotatable bonds is 4. The molecule has 0 fully saturated rings. The predicted molar refractivity (Wildman–Crippen MR) is 53.9 cm³/mol. The lowest BCUT2D eigenvalue weighted by Gasteiger charge is -2.05. The molecule has 1 rings (SSSR count). The quantitative estimate of drug-likeness (QED) is 0.735. The van der Waals surface area contributed by atoms with Crippen molar-refractivity contribution in [2.45, 2.75) is 0 Å². The molecule has 1 N–H and O–H groups in total. The molecule has 0 radical (unpaired) electrons. The minimum absolute atomic E-state index is 0.0182. The van der Waals surface area contributed by atoms with Crippen LogP contribution in [0.5, 0.6) is 0 Å². The third kappa shape index (κ3) is 2.44. The third-order valence-corrected chi connectivity index (χ3v) is 1.73. The van der Waals surface area contributed by atoms with Gasteiger partial charge in [-0.1, -0.05) is 30.9 Å². The van der Waals surface area contributed by atoms with Crippen LogP contribution in [0, 0.1) is 0 Å². The minimum atomic E-state index is -0.436. The van der Waals surface area contributed by atoms with Gasteiger partial charge in [0.2, 0.25) is 0 Å². The first-order valence-electron chi connectivity index (χ1n) is 4.29. The van der Waals surface area contributed by atoms with Crippen molar-refractivity contribution < 1.29 is 14.6 Å². The summed E-state index contributed by atoms with van der Waals surface area (Å²) in [5.74, 6) is -0.436. The summed E-state index contributed by atoms with van der Waals surface area (Å²) >= 11 is 0. The molecule has 1 aromatic carbocycles. The molecule has 0 aliphatic rings. The molecule has 0 aliphatic heterocycles. The molecule has 0 atom stereocenters. The van der Waals surface area contributed by atoms with Crippen molar-refractivity contribution in [3.63, 3.8) is 0 Å². The van der Waals surface area contributed by atoms with Crippen LogP contribution in [0.3, 0.4) is 0 Å². The zero-order valence-electron chi connectivity index (χ0n) is 7.77. The molecule has 0 amide bonds. The van der Waals surface area contributed by atoms with Gasteiger partial charge in [-0.05, 0) is 11.6 Å². The fraction of sp³-hybridized carbons (Fsp3) is 0.182. The van der Waals surface area contributed by atoms with E-state index in [9.17, 15) is 4.79 Å². The van der Waals surface area contributed by atoms with Gasteiger partial charge < -0.3 is 9.84 Å². The minimum Gasteiger partial charge on any atom is -0.460 e.